The lowest BCUT2D eigenvalue weighted by molar-refractivity contribution is -0.140. The van der Waals surface area contributed by atoms with E-state index in [1.807, 2.05) is 37.3 Å². The molecule has 4 rings (SSSR count). The zero-order valence-corrected chi connectivity index (χ0v) is 31.8. The summed E-state index contributed by atoms with van der Waals surface area (Å²) >= 11 is 19.6. The standard InChI is InChI=1S/C37H40Cl3N3O7S/c1-5-6-19-41-37(45)32(20-25-11-8-7-9-12-25)42(23-28-29(39)13-10-14-30(28)40)36(44)24-43(31-21-26(38)15-17-33(31)48-2)51(46,47)27-16-18-34(49-3)35(22-27)50-4/h7-18,21-22,32H,5-6,19-20,23-24H2,1-4H3,(H,41,45)/t32-/m1/s1. The number of sulfonamides is 1. The van der Waals surface area contributed by atoms with E-state index in [4.69, 9.17) is 49.0 Å². The molecule has 10 nitrogen and oxygen atoms in total. The van der Waals surface area contributed by atoms with Crippen LogP contribution in [0, 0.1) is 0 Å². The van der Waals surface area contributed by atoms with Crippen LogP contribution >= 0.6 is 34.8 Å². The molecule has 0 unspecified atom stereocenters. The van der Waals surface area contributed by atoms with Gasteiger partial charge >= 0.3 is 0 Å². The summed E-state index contributed by atoms with van der Waals surface area (Å²) in [5, 5.41) is 3.70. The number of hydrogen-bond donors (Lipinski definition) is 1. The maximum Gasteiger partial charge on any atom is 0.265 e. The van der Waals surface area contributed by atoms with Gasteiger partial charge in [0.05, 0.1) is 31.9 Å². The highest BCUT2D eigenvalue weighted by Crippen LogP contribution is 2.37. The van der Waals surface area contributed by atoms with Crippen molar-refractivity contribution >= 4 is 62.3 Å². The average molecular weight is 777 g/mol. The van der Waals surface area contributed by atoms with Crippen LogP contribution in [0.15, 0.2) is 89.8 Å². The summed E-state index contributed by atoms with van der Waals surface area (Å²) < 4.78 is 46.4. The predicted molar refractivity (Wildman–Crippen MR) is 201 cm³/mol. The van der Waals surface area contributed by atoms with Gasteiger partial charge in [-0.25, -0.2) is 8.42 Å². The molecule has 4 aromatic rings. The minimum absolute atomic E-state index is 0.00383. The Labute approximate surface area is 314 Å². The van der Waals surface area contributed by atoms with Gasteiger partial charge in [0.15, 0.2) is 11.5 Å². The minimum atomic E-state index is -4.54. The van der Waals surface area contributed by atoms with Crippen LogP contribution in [0.2, 0.25) is 15.1 Å². The molecule has 0 aromatic heterocycles. The van der Waals surface area contributed by atoms with Crippen molar-refractivity contribution in [3.63, 3.8) is 0 Å². The predicted octanol–water partition coefficient (Wildman–Crippen LogP) is 7.42. The second kappa shape index (κ2) is 18.4. The molecular formula is C37H40Cl3N3O7S. The van der Waals surface area contributed by atoms with E-state index < -0.39 is 34.4 Å². The summed E-state index contributed by atoms with van der Waals surface area (Å²) in [5.41, 5.74) is 1.17. The second-order valence-corrected chi connectivity index (χ2v) is 14.5. The van der Waals surface area contributed by atoms with Gasteiger partial charge in [0, 0.05) is 46.2 Å². The molecule has 0 saturated carbocycles. The number of nitrogens with one attached hydrogen (secondary N) is 1. The van der Waals surface area contributed by atoms with Gasteiger partial charge in [0.2, 0.25) is 11.8 Å². The van der Waals surface area contributed by atoms with E-state index in [9.17, 15) is 18.0 Å². The first-order chi connectivity index (χ1) is 24.4. The maximum atomic E-state index is 14.8. The van der Waals surface area contributed by atoms with Crippen molar-refractivity contribution in [1.82, 2.24) is 10.2 Å². The Hall–Kier alpha value is -4.16. The van der Waals surface area contributed by atoms with Crippen LogP contribution in [-0.4, -0.2) is 65.6 Å². The summed E-state index contributed by atoms with van der Waals surface area (Å²) in [7, 11) is -0.360. The van der Waals surface area contributed by atoms with E-state index in [1.54, 1.807) is 18.2 Å². The number of carbonyl (C=O) groups is 2. The number of nitrogens with zero attached hydrogens (tertiary/aromatic N) is 2. The molecule has 0 bridgehead atoms. The number of halogens is 3. The molecular weight excluding hydrogens is 737 g/mol. The fraction of sp³-hybridized carbons (Fsp3) is 0.297. The van der Waals surface area contributed by atoms with Gasteiger partial charge in [-0.15, -0.1) is 0 Å². The third kappa shape index (κ3) is 9.79. The second-order valence-electron chi connectivity index (χ2n) is 11.4. The summed E-state index contributed by atoms with van der Waals surface area (Å²) in [5.74, 6) is -0.540. The number of anilines is 1. The zero-order chi connectivity index (χ0) is 37.1. The quantitative estimate of drug-likeness (QED) is 0.111. The summed E-state index contributed by atoms with van der Waals surface area (Å²) in [6.07, 6.45) is 1.68. The van der Waals surface area contributed by atoms with Gasteiger partial charge < -0.3 is 24.4 Å². The Morgan fingerprint density at radius 2 is 1.45 bits per heavy atom. The molecule has 0 radical (unpaired) electrons. The molecule has 0 aliphatic carbocycles. The van der Waals surface area contributed by atoms with E-state index in [2.05, 4.69) is 5.32 Å². The number of rotatable bonds is 17. The van der Waals surface area contributed by atoms with Gasteiger partial charge in [0.1, 0.15) is 18.3 Å². The van der Waals surface area contributed by atoms with Gasteiger partial charge in [-0.3, -0.25) is 13.9 Å². The summed E-state index contributed by atoms with van der Waals surface area (Å²) in [6.45, 7) is 1.42. The van der Waals surface area contributed by atoms with Crippen LogP contribution in [-0.2, 0) is 32.6 Å². The zero-order valence-electron chi connectivity index (χ0n) is 28.7. The Kier molecular flexibility index (Phi) is 14.3. The summed E-state index contributed by atoms with van der Waals surface area (Å²) in [6, 6.07) is 21.6. The Bertz CT molecular complexity index is 1910. The first-order valence-electron chi connectivity index (χ1n) is 16.1. The maximum absolute atomic E-state index is 14.8. The third-order valence-corrected chi connectivity index (χ3v) is 10.8. The number of unbranched alkanes of at least 4 members (excludes halogenated alkanes) is 1. The fourth-order valence-corrected chi connectivity index (χ4v) is 7.51. The van der Waals surface area contributed by atoms with E-state index in [0.717, 1.165) is 22.7 Å². The highest BCUT2D eigenvalue weighted by Gasteiger charge is 2.36. The molecule has 0 spiro atoms. The lowest BCUT2D eigenvalue weighted by Crippen LogP contribution is -2.53. The van der Waals surface area contributed by atoms with Crippen molar-refractivity contribution in [3.8, 4) is 17.2 Å². The Morgan fingerprint density at radius 3 is 2.08 bits per heavy atom. The van der Waals surface area contributed by atoms with E-state index in [0.29, 0.717) is 17.9 Å². The molecule has 0 heterocycles. The molecule has 0 aliphatic heterocycles. The number of benzene rings is 4. The lowest BCUT2D eigenvalue weighted by Gasteiger charge is -2.34. The minimum Gasteiger partial charge on any atom is -0.495 e. The van der Waals surface area contributed by atoms with Gasteiger partial charge in [-0.2, -0.15) is 0 Å². The molecule has 0 aliphatic rings. The topological polar surface area (TPSA) is 114 Å². The first kappa shape index (κ1) is 39.6. The van der Waals surface area contributed by atoms with Gasteiger partial charge in [-0.05, 0) is 54.4 Å². The molecule has 1 N–H and O–H groups in total. The normalized spacial score (nSPS) is 11.7. The number of carbonyl (C=O) groups excluding carboxylic acids is 2. The fourth-order valence-electron chi connectivity index (χ4n) is 5.39. The van der Waals surface area contributed by atoms with E-state index in [-0.39, 0.29) is 50.1 Å². The van der Waals surface area contributed by atoms with Crippen LogP contribution in [0.25, 0.3) is 0 Å². The molecule has 14 heteroatoms. The molecule has 272 valence electrons. The number of ether oxygens (including phenoxy) is 3. The molecule has 0 saturated heterocycles. The molecule has 1 atom stereocenters. The SMILES string of the molecule is CCCCNC(=O)[C@@H](Cc1ccccc1)N(Cc1c(Cl)cccc1Cl)C(=O)CN(c1cc(Cl)ccc1OC)S(=O)(=O)c1ccc(OC)c(OC)c1. The van der Waals surface area contributed by atoms with Crippen molar-refractivity contribution in [2.45, 2.75) is 43.7 Å². The highest BCUT2D eigenvalue weighted by atomic mass is 35.5. The van der Waals surface area contributed by atoms with E-state index >= 15 is 0 Å². The van der Waals surface area contributed by atoms with Crippen LogP contribution in [0.3, 0.4) is 0 Å². The van der Waals surface area contributed by atoms with Crippen molar-refractivity contribution in [1.29, 1.82) is 0 Å². The molecule has 2 amide bonds. The molecule has 4 aromatic carbocycles. The lowest BCUT2D eigenvalue weighted by atomic mass is 10.0. The number of amides is 2. The smallest absolute Gasteiger partial charge is 0.265 e. The molecule has 0 fully saturated rings. The van der Waals surface area contributed by atoms with Crippen LogP contribution in [0.5, 0.6) is 17.2 Å². The van der Waals surface area contributed by atoms with Gasteiger partial charge in [-0.1, -0.05) is 84.5 Å². The van der Waals surface area contributed by atoms with Crippen molar-refractivity contribution in [2.75, 3.05) is 38.7 Å². The highest BCUT2D eigenvalue weighted by molar-refractivity contribution is 7.92. The molecule has 51 heavy (non-hydrogen) atoms. The van der Waals surface area contributed by atoms with Gasteiger partial charge in [0.25, 0.3) is 10.0 Å². The van der Waals surface area contributed by atoms with Crippen molar-refractivity contribution in [3.05, 3.63) is 111 Å². The Morgan fingerprint density at radius 1 is 0.804 bits per heavy atom. The number of hydrogen-bond acceptors (Lipinski definition) is 7. The van der Waals surface area contributed by atoms with E-state index in [1.165, 1.54) is 62.6 Å². The Balaban J connectivity index is 1.90. The monoisotopic (exact) mass is 775 g/mol. The average Bonchev–Trinajstić information content (AvgIpc) is 3.13. The van der Waals surface area contributed by atoms with Crippen molar-refractivity contribution in [2.24, 2.45) is 0 Å². The van der Waals surface area contributed by atoms with Crippen LogP contribution in [0.1, 0.15) is 30.9 Å². The first-order valence-corrected chi connectivity index (χ1v) is 18.6. The van der Waals surface area contributed by atoms with Crippen LogP contribution < -0.4 is 23.8 Å². The largest absolute Gasteiger partial charge is 0.495 e. The van der Waals surface area contributed by atoms with Crippen LogP contribution in [0.4, 0.5) is 5.69 Å². The van der Waals surface area contributed by atoms with Crippen molar-refractivity contribution < 1.29 is 32.2 Å². The third-order valence-electron chi connectivity index (χ3n) is 8.12. The number of methoxy groups -OCH3 is 3. The summed E-state index contributed by atoms with van der Waals surface area (Å²) in [4.78, 5) is 30.0.